The molecule has 1 atom stereocenters. The molecule has 2 heteroatoms. The fraction of sp³-hybridized carbons (Fsp3) is 0.417. The van der Waals surface area contributed by atoms with Crippen molar-refractivity contribution in [3.05, 3.63) is 34.9 Å². The van der Waals surface area contributed by atoms with E-state index in [0.717, 1.165) is 24.9 Å². The topological polar surface area (TPSA) is 29.1 Å². The Labute approximate surface area is 83.3 Å². The van der Waals surface area contributed by atoms with E-state index in [0.29, 0.717) is 18.2 Å². The highest BCUT2D eigenvalue weighted by Crippen LogP contribution is 2.34. The maximum Gasteiger partial charge on any atom is 0.163 e. The smallest absolute Gasteiger partial charge is 0.163 e. The lowest BCUT2D eigenvalue weighted by Gasteiger charge is -2.32. The number of carbonyl (C=O) groups is 1. The van der Waals surface area contributed by atoms with E-state index in [4.69, 9.17) is 0 Å². The van der Waals surface area contributed by atoms with Crippen molar-refractivity contribution in [3.8, 4) is 0 Å². The Hall–Kier alpha value is -1.15. The van der Waals surface area contributed by atoms with Gasteiger partial charge in [0.05, 0.1) is 0 Å². The van der Waals surface area contributed by atoms with Crippen LogP contribution in [0.5, 0.6) is 0 Å². The lowest BCUT2D eigenvalue weighted by atomic mass is 9.81. The molecule has 0 saturated heterocycles. The average Bonchev–Trinajstić information content (AvgIpc) is 2.24. The summed E-state index contributed by atoms with van der Waals surface area (Å²) in [5.41, 5.74) is 3.63. The molecule has 0 aromatic heterocycles. The molecule has 1 aromatic rings. The van der Waals surface area contributed by atoms with Crippen molar-refractivity contribution in [3.63, 3.8) is 0 Å². The zero-order chi connectivity index (χ0) is 9.54. The average molecular weight is 187 g/mol. The molecule has 0 radical (unpaired) electrons. The normalized spacial score (nSPS) is 24.6. The summed E-state index contributed by atoms with van der Waals surface area (Å²) in [6.45, 7) is 1.05. The van der Waals surface area contributed by atoms with Gasteiger partial charge in [0.15, 0.2) is 5.78 Å². The second-order valence-corrected chi connectivity index (χ2v) is 4.10. The van der Waals surface area contributed by atoms with Gasteiger partial charge >= 0.3 is 0 Å². The molecule has 0 fully saturated rings. The van der Waals surface area contributed by atoms with Gasteiger partial charge in [0.2, 0.25) is 0 Å². The van der Waals surface area contributed by atoms with E-state index in [1.165, 1.54) is 11.1 Å². The molecule has 0 amide bonds. The number of rotatable bonds is 0. The van der Waals surface area contributed by atoms with Crippen molar-refractivity contribution in [1.29, 1.82) is 0 Å². The zero-order valence-corrected chi connectivity index (χ0v) is 8.05. The third-order valence-electron chi connectivity index (χ3n) is 3.29. The summed E-state index contributed by atoms with van der Waals surface area (Å²) < 4.78 is 0. The molecule has 1 heterocycles. The van der Waals surface area contributed by atoms with Crippen LogP contribution in [0.3, 0.4) is 0 Å². The standard InChI is InChI=1S/C12H13NO/c14-11-5-4-10-12-8(6-7-13-10)2-1-3-9(11)12/h1-3,10,13H,4-7H2/t10-/m0/s1. The van der Waals surface area contributed by atoms with Gasteiger partial charge in [0, 0.05) is 18.0 Å². The highest BCUT2D eigenvalue weighted by Gasteiger charge is 2.29. The lowest BCUT2D eigenvalue weighted by molar-refractivity contribution is 0.0962. The minimum atomic E-state index is 0.321. The van der Waals surface area contributed by atoms with Crippen molar-refractivity contribution >= 4 is 5.78 Å². The maximum atomic E-state index is 11.7. The lowest BCUT2D eigenvalue weighted by Crippen LogP contribution is -2.34. The van der Waals surface area contributed by atoms with Gasteiger partial charge in [0.1, 0.15) is 0 Å². The van der Waals surface area contributed by atoms with Crippen LogP contribution in [0, 0.1) is 0 Å². The van der Waals surface area contributed by atoms with E-state index in [1.807, 2.05) is 12.1 Å². The quantitative estimate of drug-likeness (QED) is 0.671. The SMILES string of the molecule is O=C1CC[C@@H]2NCCc3cccc1c32. The van der Waals surface area contributed by atoms with Crippen molar-refractivity contribution in [2.75, 3.05) is 6.54 Å². The Morgan fingerprint density at radius 2 is 2.21 bits per heavy atom. The van der Waals surface area contributed by atoms with E-state index in [1.54, 1.807) is 0 Å². The molecule has 3 rings (SSSR count). The largest absolute Gasteiger partial charge is 0.310 e. The first-order chi connectivity index (χ1) is 6.86. The maximum absolute atomic E-state index is 11.7. The van der Waals surface area contributed by atoms with Crippen molar-refractivity contribution in [1.82, 2.24) is 5.32 Å². The van der Waals surface area contributed by atoms with Gasteiger partial charge < -0.3 is 5.32 Å². The van der Waals surface area contributed by atoms with Crippen LogP contribution < -0.4 is 5.32 Å². The van der Waals surface area contributed by atoms with E-state index in [2.05, 4.69) is 11.4 Å². The Bertz CT molecular complexity index is 397. The molecular formula is C12H13NO. The molecule has 1 aliphatic carbocycles. The molecule has 0 bridgehead atoms. The van der Waals surface area contributed by atoms with Crippen LogP contribution in [-0.2, 0) is 6.42 Å². The monoisotopic (exact) mass is 187 g/mol. The highest BCUT2D eigenvalue weighted by molar-refractivity contribution is 5.99. The fourth-order valence-corrected chi connectivity index (χ4v) is 2.63. The van der Waals surface area contributed by atoms with Gasteiger partial charge in [-0.2, -0.15) is 0 Å². The molecule has 14 heavy (non-hydrogen) atoms. The first kappa shape index (κ1) is 8.18. The molecule has 1 N–H and O–H groups in total. The summed E-state index contributed by atoms with van der Waals surface area (Å²) in [6, 6.07) is 6.58. The van der Waals surface area contributed by atoms with Crippen molar-refractivity contribution in [2.24, 2.45) is 0 Å². The molecule has 1 aliphatic heterocycles. The van der Waals surface area contributed by atoms with Gasteiger partial charge in [-0.3, -0.25) is 4.79 Å². The van der Waals surface area contributed by atoms with Crippen LogP contribution in [0.2, 0.25) is 0 Å². The number of hydrogen-bond acceptors (Lipinski definition) is 2. The summed E-state index contributed by atoms with van der Waals surface area (Å²) in [5, 5.41) is 3.49. The van der Waals surface area contributed by atoms with Crippen molar-refractivity contribution < 1.29 is 4.79 Å². The van der Waals surface area contributed by atoms with E-state index in [-0.39, 0.29) is 0 Å². The second-order valence-electron chi connectivity index (χ2n) is 4.10. The van der Waals surface area contributed by atoms with Crippen LogP contribution in [0.4, 0.5) is 0 Å². The predicted octanol–water partition coefficient (Wildman–Crippen LogP) is 1.85. The van der Waals surface area contributed by atoms with Gasteiger partial charge in [-0.15, -0.1) is 0 Å². The molecule has 2 aliphatic rings. The summed E-state index contributed by atoms with van der Waals surface area (Å²) >= 11 is 0. The van der Waals surface area contributed by atoms with Gasteiger partial charge in [-0.25, -0.2) is 0 Å². The summed E-state index contributed by atoms with van der Waals surface area (Å²) in [4.78, 5) is 11.7. The summed E-state index contributed by atoms with van der Waals surface area (Å²) in [5.74, 6) is 0.321. The molecular weight excluding hydrogens is 174 g/mol. The van der Waals surface area contributed by atoms with Crippen LogP contribution in [0.15, 0.2) is 18.2 Å². The highest BCUT2D eigenvalue weighted by atomic mass is 16.1. The zero-order valence-electron chi connectivity index (χ0n) is 8.05. The minimum Gasteiger partial charge on any atom is -0.310 e. The third-order valence-corrected chi connectivity index (χ3v) is 3.29. The van der Waals surface area contributed by atoms with Gasteiger partial charge in [-0.1, -0.05) is 18.2 Å². The number of benzene rings is 1. The number of Topliss-reactive ketones (excluding diaryl/α,β-unsaturated/α-hetero) is 1. The van der Waals surface area contributed by atoms with E-state index < -0.39 is 0 Å². The van der Waals surface area contributed by atoms with E-state index >= 15 is 0 Å². The number of carbonyl (C=O) groups excluding carboxylic acids is 1. The molecule has 72 valence electrons. The van der Waals surface area contributed by atoms with Gasteiger partial charge in [0.25, 0.3) is 0 Å². The first-order valence-corrected chi connectivity index (χ1v) is 5.24. The summed E-state index contributed by atoms with van der Waals surface area (Å²) in [6.07, 6.45) is 2.74. The minimum absolute atomic E-state index is 0.321. The molecule has 0 spiro atoms. The van der Waals surface area contributed by atoms with E-state index in [9.17, 15) is 4.79 Å². The van der Waals surface area contributed by atoms with Crippen LogP contribution >= 0.6 is 0 Å². The Balaban J connectivity index is 2.24. The van der Waals surface area contributed by atoms with Crippen molar-refractivity contribution in [2.45, 2.75) is 25.3 Å². The number of hydrogen-bond donors (Lipinski definition) is 1. The Morgan fingerprint density at radius 3 is 3.14 bits per heavy atom. The first-order valence-electron chi connectivity index (χ1n) is 5.24. The predicted molar refractivity (Wildman–Crippen MR) is 54.5 cm³/mol. The third kappa shape index (κ3) is 1.04. The Kier molecular flexibility index (Phi) is 1.71. The van der Waals surface area contributed by atoms with Crippen LogP contribution in [-0.4, -0.2) is 12.3 Å². The molecule has 0 unspecified atom stereocenters. The fourth-order valence-electron chi connectivity index (χ4n) is 2.63. The number of nitrogens with one attached hydrogen (secondary N) is 1. The van der Waals surface area contributed by atoms with Crippen LogP contribution in [0.25, 0.3) is 0 Å². The van der Waals surface area contributed by atoms with Gasteiger partial charge in [-0.05, 0) is 30.5 Å². The molecule has 1 aromatic carbocycles. The second kappa shape index (κ2) is 2.92. The molecule has 2 nitrogen and oxygen atoms in total. The summed E-state index contributed by atoms with van der Waals surface area (Å²) in [7, 11) is 0. The number of ketones is 1. The van der Waals surface area contributed by atoms with Crippen LogP contribution in [0.1, 0.15) is 40.4 Å². The molecule has 0 saturated carbocycles. The Morgan fingerprint density at radius 1 is 1.29 bits per heavy atom.